The number of hydrogen-bond acceptors (Lipinski definition) is 3. The van der Waals surface area contributed by atoms with Gasteiger partial charge < -0.3 is 15.1 Å². The first-order valence-corrected chi connectivity index (χ1v) is 8.34. The van der Waals surface area contributed by atoms with Gasteiger partial charge in [-0.1, -0.05) is 42.5 Å². The fraction of sp³-hybridized carbons (Fsp3) is 0.300. The number of nitrogens with zero attached hydrogens (tertiary/aromatic N) is 1. The maximum Gasteiger partial charge on any atom is 0.308 e. The van der Waals surface area contributed by atoms with Crippen molar-refractivity contribution in [2.24, 2.45) is 5.92 Å². The highest BCUT2D eigenvalue weighted by Gasteiger charge is 2.40. The molecule has 1 heterocycles. The minimum absolute atomic E-state index is 0.168. The number of aliphatic carboxylic acids is 1. The van der Waals surface area contributed by atoms with Gasteiger partial charge >= 0.3 is 5.97 Å². The Morgan fingerprint density at radius 1 is 1.04 bits per heavy atom. The Morgan fingerprint density at radius 3 is 2.24 bits per heavy atom. The smallest absolute Gasteiger partial charge is 0.308 e. The van der Waals surface area contributed by atoms with Crippen molar-refractivity contribution in [3.05, 3.63) is 60.2 Å². The van der Waals surface area contributed by atoms with Gasteiger partial charge in [-0.05, 0) is 36.6 Å². The van der Waals surface area contributed by atoms with E-state index in [4.69, 9.17) is 0 Å². The second-order valence-corrected chi connectivity index (χ2v) is 6.48. The number of amides is 1. The van der Waals surface area contributed by atoms with Crippen LogP contribution in [0.5, 0.6) is 0 Å². The van der Waals surface area contributed by atoms with E-state index in [0.717, 1.165) is 11.1 Å². The first-order chi connectivity index (χ1) is 12.0. The summed E-state index contributed by atoms with van der Waals surface area (Å²) in [6.45, 7) is 1.74. The zero-order valence-electron chi connectivity index (χ0n) is 14.0. The highest BCUT2D eigenvalue weighted by Crippen LogP contribution is 2.27. The third-order valence-corrected chi connectivity index (χ3v) is 4.79. The van der Waals surface area contributed by atoms with E-state index in [9.17, 15) is 19.8 Å². The van der Waals surface area contributed by atoms with E-state index in [0.29, 0.717) is 12.0 Å². The standard InChI is InChI=1S/C20H21NO4/c1-13(20(24)25)18-11-17(22)12-21(18)19(23)16-9-7-15(8-10-16)14-5-3-2-4-6-14/h2-10,13,17-18,22H,11-12H2,1H3,(H,24,25)/t13?,17-,18-/m1/s1. The monoisotopic (exact) mass is 339 g/mol. The molecule has 5 heteroatoms. The van der Waals surface area contributed by atoms with Gasteiger partial charge in [-0.3, -0.25) is 9.59 Å². The molecule has 1 saturated heterocycles. The molecule has 1 aliphatic heterocycles. The second kappa shape index (κ2) is 7.07. The molecule has 0 saturated carbocycles. The summed E-state index contributed by atoms with van der Waals surface area (Å²) in [4.78, 5) is 25.6. The van der Waals surface area contributed by atoms with Crippen LogP contribution in [0.25, 0.3) is 11.1 Å². The summed E-state index contributed by atoms with van der Waals surface area (Å²) in [7, 11) is 0. The van der Waals surface area contributed by atoms with Gasteiger partial charge in [-0.25, -0.2) is 0 Å². The molecule has 3 atom stereocenters. The number of likely N-dealkylation sites (tertiary alicyclic amines) is 1. The molecular weight excluding hydrogens is 318 g/mol. The van der Waals surface area contributed by atoms with Gasteiger partial charge in [0.2, 0.25) is 0 Å². The van der Waals surface area contributed by atoms with Crippen molar-refractivity contribution in [3.8, 4) is 11.1 Å². The van der Waals surface area contributed by atoms with E-state index in [1.54, 1.807) is 19.1 Å². The number of carboxylic acids is 1. The summed E-state index contributed by atoms with van der Waals surface area (Å²) in [6.07, 6.45) is -0.388. The van der Waals surface area contributed by atoms with Gasteiger partial charge in [0.1, 0.15) is 0 Å². The molecular formula is C20H21NO4. The van der Waals surface area contributed by atoms with Gasteiger partial charge in [0.05, 0.1) is 12.0 Å². The van der Waals surface area contributed by atoms with Crippen LogP contribution in [0.3, 0.4) is 0 Å². The topological polar surface area (TPSA) is 77.8 Å². The van der Waals surface area contributed by atoms with Crippen LogP contribution in [-0.4, -0.2) is 45.7 Å². The number of carbonyl (C=O) groups excluding carboxylic acids is 1. The van der Waals surface area contributed by atoms with Crippen LogP contribution >= 0.6 is 0 Å². The van der Waals surface area contributed by atoms with E-state index in [2.05, 4.69) is 0 Å². The number of β-amino-alcohol motifs (C(OH)–C–C–N with tert-alkyl or cyclic N) is 1. The van der Waals surface area contributed by atoms with Crippen LogP contribution in [0.1, 0.15) is 23.7 Å². The number of carboxylic acid groups (broad SMARTS) is 1. The number of aliphatic hydroxyl groups is 1. The van der Waals surface area contributed by atoms with Crippen molar-refractivity contribution < 1.29 is 19.8 Å². The molecule has 0 bridgehead atoms. The molecule has 25 heavy (non-hydrogen) atoms. The summed E-state index contributed by atoms with van der Waals surface area (Å²) in [6, 6.07) is 16.6. The van der Waals surface area contributed by atoms with Gasteiger partial charge in [0, 0.05) is 18.2 Å². The fourth-order valence-electron chi connectivity index (χ4n) is 3.32. The predicted molar refractivity (Wildman–Crippen MR) is 94.1 cm³/mol. The lowest BCUT2D eigenvalue weighted by atomic mass is 9.98. The predicted octanol–water partition coefficient (Wildman–Crippen LogP) is 2.65. The minimum atomic E-state index is -0.962. The summed E-state index contributed by atoms with van der Waals surface area (Å²) in [5, 5.41) is 19.1. The lowest BCUT2D eigenvalue weighted by Gasteiger charge is -2.27. The molecule has 0 aromatic heterocycles. The first kappa shape index (κ1) is 17.2. The lowest BCUT2D eigenvalue weighted by Crippen LogP contribution is -2.41. The highest BCUT2D eigenvalue weighted by molar-refractivity contribution is 5.95. The van der Waals surface area contributed by atoms with Crippen LogP contribution in [0.4, 0.5) is 0 Å². The van der Waals surface area contributed by atoms with E-state index < -0.39 is 24.0 Å². The van der Waals surface area contributed by atoms with Gasteiger partial charge in [-0.15, -0.1) is 0 Å². The maximum atomic E-state index is 12.8. The molecule has 3 rings (SSSR count). The molecule has 1 unspecified atom stereocenters. The molecule has 5 nitrogen and oxygen atoms in total. The summed E-state index contributed by atoms with van der Waals surface area (Å²) in [5.41, 5.74) is 2.57. The molecule has 130 valence electrons. The van der Waals surface area contributed by atoms with Crippen molar-refractivity contribution in [2.45, 2.75) is 25.5 Å². The zero-order chi connectivity index (χ0) is 18.0. The van der Waals surface area contributed by atoms with Gasteiger partial charge in [0.25, 0.3) is 5.91 Å². The highest BCUT2D eigenvalue weighted by atomic mass is 16.4. The zero-order valence-corrected chi connectivity index (χ0v) is 14.0. The summed E-state index contributed by atoms with van der Waals surface area (Å²) < 4.78 is 0. The number of benzene rings is 2. The number of hydrogen-bond donors (Lipinski definition) is 2. The molecule has 0 radical (unpaired) electrons. The molecule has 1 amide bonds. The van der Waals surface area contributed by atoms with Gasteiger partial charge in [0.15, 0.2) is 0 Å². The Morgan fingerprint density at radius 2 is 1.64 bits per heavy atom. The summed E-state index contributed by atoms with van der Waals surface area (Å²) >= 11 is 0. The Balaban J connectivity index is 1.81. The van der Waals surface area contributed by atoms with Crippen LogP contribution < -0.4 is 0 Å². The van der Waals surface area contributed by atoms with Crippen molar-refractivity contribution in [1.29, 1.82) is 0 Å². The first-order valence-electron chi connectivity index (χ1n) is 8.34. The maximum absolute atomic E-state index is 12.8. The van der Waals surface area contributed by atoms with E-state index >= 15 is 0 Å². The van der Waals surface area contributed by atoms with Crippen LogP contribution in [-0.2, 0) is 4.79 Å². The molecule has 1 fully saturated rings. The molecule has 2 N–H and O–H groups in total. The Kier molecular flexibility index (Phi) is 4.86. The molecule has 0 aliphatic carbocycles. The molecule has 0 spiro atoms. The van der Waals surface area contributed by atoms with Gasteiger partial charge in [-0.2, -0.15) is 0 Å². The van der Waals surface area contributed by atoms with Crippen LogP contribution in [0.2, 0.25) is 0 Å². The normalized spacial score (nSPS) is 21.1. The van der Waals surface area contributed by atoms with Crippen molar-refractivity contribution in [2.75, 3.05) is 6.54 Å². The van der Waals surface area contributed by atoms with E-state index in [-0.39, 0.29) is 12.5 Å². The Labute approximate surface area is 146 Å². The lowest BCUT2D eigenvalue weighted by molar-refractivity contribution is -0.142. The van der Waals surface area contributed by atoms with Crippen molar-refractivity contribution in [1.82, 2.24) is 4.90 Å². The largest absolute Gasteiger partial charge is 0.481 e. The van der Waals surface area contributed by atoms with E-state index in [1.165, 1.54) is 4.90 Å². The van der Waals surface area contributed by atoms with E-state index in [1.807, 2.05) is 42.5 Å². The van der Waals surface area contributed by atoms with Crippen molar-refractivity contribution in [3.63, 3.8) is 0 Å². The number of rotatable bonds is 4. The molecule has 2 aromatic carbocycles. The number of aliphatic hydroxyl groups excluding tert-OH is 1. The average molecular weight is 339 g/mol. The van der Waals surface area contributed by atoms with Crippen molar-refractivity contribution >= 4 is 11.9 Å². The third kappa shape index (κ3) is 3.56. The quantitative estimate of drug-likeness (QED) is 0.898. The van der Waals surface area contributed by atoms with Crippen LogP contribution in [0, 0.1) is 5.92 Å². The average Bonchev–Trinajstić information content (AvgIpc) is 3.03. The SMILES string of the molecule is CC(C(=O)O)[C@H]1C[C@@H](O)CN1C(=O)c1ccc(-c2ccccc2)cc1. The third-order valence-electron chi connectivity index (χ3n) is 4.79. The fourth-order valence-corrected chi connectivity index (χ4v) is 3.32. The number of carbonyl (C=O) groups is 2. The Bertz CT molecular complexity index is 757. The van der Waals surface area contributed by atoms with Crippen LogP contribution in [0.15, 0.2) is 54.6 Å². The Hall–Kier alpha value is -2.66. The molecule has 2 aromatic rings. The minimum Gasteiger partial charge on any atom is -0.481 e. The second-order valence-electron chi connectivity index (χ2n) is 6.48. The molecule has 1 aliphatic rings. The summed E-state index contributed by atoms with van der Waals surface area (Å²) in [5.74, 6) is -1.92.